The zero-order valence-corrected chi connectivity index (χ0v) is 8.16. The fraction of sp³-hybridized carbons (Fsp3) is 0.545. The van der Waals surface area contributed by atoms with Crippen molar-refractivity contribution >= 4 is 6.21 Å². The van der Waals surface area contributed by atoms with Gasteiger partial charge in [-0.3, -0.25) is 4.99 Å². The van der Waals surface area contributed by atoms with Crippen LogP contribution in [-0.4, -0.2) is 24.7 Å². The first-order chi connectivity index (χ1) is 6.38. The number of hydrogen-bond donors (Lipinski definition) is 0. The molecule has 0 unspecified atom stereocenters. The third-order valence-electron chi connectivity index (χ3n) is 2.57. The second-order valence-corrected chi connectivity index (χ2v) is 3.63. The molecule has 2 aliphatic rings. The molecule has 0 atom stereocenters. The topological polar surface area (TPSA) is 15.6 Å². The molecule has 2 heteroatoms. The van der Waals surface area contributed by atoms with Crippen LogP contribution in [0.5, 0.6) is 0 Å². The maximum atomic E-state index is 4.43. The molecule has 70 valence electrons. The highest BCUT2D eigenvalue weighted by molar-refractivity contribution is 5.62. The Morgan fingerprint density at radius 3 is 2.85 bits per heavy atom. The fourth-order valence-corrected chi connectivity index (χ4v) is 1.82. The fourth-order valence-electron chi connectivity index (χ4n) is 1.82. The number of hydrogen-bond acceptors (Lipinski definition) is 2. The van der Waals surface area contributed by atoms with Crippen LogP contribution in [0, 0.1) is 0 Å². The second kappa shape index (κ2) is 3.77. The van der Waals surface area contributed by atoms with Gasteiger partial charge in [0.15, 0.2) is 0 Å². The lowest BCUT2D eigenvalue weighted by molar-refractivity contribution is 0.394. The SMILES string of the molecule is CN1CCCC=C1C1=CCCC=N1. The van der Waals surface area contributed by atoms with E-state index in [1.54, 1.807) is 0 Å². The van der Waals surface area contributed by atoms with Gasteiger partial charge in [0.05, 0.1) is 11.4 Å². The summed E-state index contributed by atoms with van der Waals surface area (Å²) in [6.45, 7) is 1.17. The second-order valence-electron chi connectivity index (χ2n) is 3.63. The third kappa shape index (κ3) is 1.82. The summed E-state index contributed by atoms with van der Waals surface area (Å²) >= 11 is 0. The Kier molecular flexibility index (Phi) is 2.48. The minimum absolute atomic E-state index is 1.10. The van der Waals surface area contributed by atoms with E-state index in [1.807, 2.05) is 6.21 Å². The van der Waals surface area contributed by atoms with Crippen LogP contribution in [-0.2, 0) is 0 Å². The number of allylic oxidation sites excluding steroid dienone is 2. The zero-order chi connectivity index (χ0) is 9.10. The molecule has 2 aliphatic heterocycles. The van der Waals surface area contributed by atoms with Gasteiger partial charge in [-0.2, -0.15) is 0 Å². The van der Waals surface area contributed by atoms with E-state index in [1.165, 1.54) is 30.8 Å². The predicted molar refractivity (Wildman–Crippen MR) is 55.8 cm³/mol. The van der Waals surface area contributed by atoms with Gasteiger partial charge < -0.3 is 4.90 Å². The van der Waals surface area contributed by atoms with Gasteiger partial charge in [0.1, 0.15) is 0 Å². The Labute approximate surface area is 79.7 Å². The van der Waals surface area contributed by atoms with E-state index in [0.29, 0.717) is 0 Å². The smallest absolute Gasteiger partial charge is 0.0816 e. The van der Waals surface area contributed by atoms with Crippen LogP contribution in [0.1, 0.15) is 25.7 Å². The van der Waals surface area contributed by atoms with Gasteiger partial charge in [-0.25, -0.2) is 0 Å². The van der Waals surface area contributed by atoms with Crippen molar-refractivity contribution in [2.24, 2.45) is 4.99 Å². The van der Waals surface area contributed by atoms with E-state index in [2.05, 4.69) is 29.1 Å². The van der Waals surface area contributed by atoms with Gasteiger partial charge >= 0.3 is 0 Å². The number of likely N-dealkylation sites (N-methyl/N-ethyl adjacent to an activating group) is 1. The molecule has 0 radical (unpaired) electrons. The molecule has 0 saturated heterocycles. The molecule has 2 heterocycles. The summed E-state index contributed by atoms with van der Waals surface area (Å²) in [6, 6.07) is 0. The van der Waals surface area contributed by atoms with E-state index in [4.69, 9.17) is 0 Å². The molecule has 13 heavy (non-hydrogen) atoms. The first-order valence-electron chi connectivity index (χ1n) is 5.02. The molecule has 0 spiro atoms. The number of nitrogens with zero attached hydrogens (tertiary/aromatic N) is 2. The Hall–Kier alpha value is -1.05. The van der Waals surface area contributed by atoms with E-state index in [0.717, 1.165) is 12.8 Å². The van der Waals surface area contributed by atoms with Crippen molar-refractivity contribution in [3.8, 4) is 0 Å². The summed E-state index contributed by atoms with van der Waals surface area (Å²) in [6.07, 6.45) is 11.3. The van der Waals surface area contributed by atoms with Gasteiger partial charge in [0.25, 0.3) is 0 Å². The molecule has 2 rings (SSSR count). The summed E-state index contributed by atoms with van der Waals surface area (Å²) in [5.41, 5.74) is 2.50. The Bertz CT molecular complexity index is 274. The molecule has 2 nitrogen and oxygen atoms in total. The van der Waals surface area contributed by atoms with Crippen LogP contribution in [0.3, 0.4) is 0 Å². The Morgan fingerprint density at radius 1 is 1.23 bits per heavy atom. The molecule has 0 aliphatic carbocycles. The van der Waals surface area contributed by atoms with Crippen LogP contribution in [0.25, 0.3) is 0 Å². The summed E-state index contributed by atoms with van der Waals surface area (Å²) < 4.78 is 0. The minimum atomic E-state index is 1.10. The predicted octanol–water partition coefficient (Wildman–Crippen LogP) is 2.34. The normalized spacial score (nSPS) is 22.7. The molecule has 0 aromatic rings. The molecule has 0 aromatic carbocycles. The largest absolute Gasteiger partial charge is 0.373 e. The standard InChI is InChI=1S/C11H16N2/c1-13-9-5-3-7-11(13)10-6-2-4-8-12-10/h6-8H,2-5,9H2,1H3. The highest BCUT2D eigenvalue weighted by atomic mass is 15.1. The average Bonchev–Trinajstić information content (AvgIpc) is 2.20. The third-order valence-corrected chi connectivity index (χ3v) is 2.57. The zero-order valence-electron chi connectivity index (χ0n) is 8.16. The van der Waals surface area contributed by atoms with Crippen molar-refractivity contribution in [2.45, 2.75) is 25.7 Å². The molecule has 0 saturated carbocycles. The lowest BCUT2D eigenvalue weighted by Gasteiger charge is -2.27. The Morgan fingerprint density at radius 2 is 2.15 bits per heavy atom. The number of aliphatic imine (C=N–C) groups is 1. The van der Waals surface area contributed by atoms with E-state index >= 15 is 0 Å². The number of rotatable bonds is 1. The van der Waals surface area contributed by atoms with E-state index in [-0.39, 0.29) is 0 Å². The van der Waals surface area contributed by atoms with E-state index < -0.39 is 0 Å². The molecule has 0 fully saturated rings. The molecular formula is C11H16N2. The highest BCUT2D eigenvalue weighted by Gasteiger charge is 2.13. The molecule has 0 N–H and O–H groups in total. The molecule has 0 amide bonds. The van der Waals surface area contributed by atoms with Crippen molar-refractivity contribution in [3.05, 3.63) is 23.5 Å². The summed E-state index contributed by atoms with van der Waals surface area (Å²) in [4.78, 5) is 6.73. The monoisotopic (exact) mass is 176 g/mol. The van der Waals surface area contributed by atoms with Crippen molar-refractivity contribution in [1.82, 2.24) is 4.90 Å². The van der Waals surface area contributed by atoms with Gasteiger partial charge in [-0.1, -0.05) is 12.2 Å². The molecular weight excluding hydrogens is 160 g/mol. The van der Waals surface area contributed by atoms with E-state index in [9.17, 15) is 0 Å². The quantitative estimate of drug-likeness (QED) is 0.598. The highest BCUT2D eigenvalue weighted by Crippen LogP contribution is 2.23. The van der Waals surface area contributed by atoms with Crippen molar-refractivity contribution in [3.63, 3.8) is 0 Å². The first-order valence-corrected chi connectivity index (χ1v) is 5.02. The van der Waals surface area contributed by atoms with Crippen molar-refractivity contribution in [2.75, 3.05) is 13.6 Å². The molecule has 0 aromatic heterocycles. The first kappa shape index (κ1) is 8.54. The summed E-state index contributed by atoms with van der Waals surface area (Å²) in [5.74, 6) is 0. The Balaban J connectivity index is 2.18. The van der Waals surface area contributed by atoms with Crippen molar-refractivity contribution < 1.29 is 0 Å². The summed E-state index contributed by atoms with van der Waals surface area (Å²) in [5, 5.41) is 0. The van der Waals surface area contributed by atoms with Gasteiger partial charge in [0, 0.05) is 19.8 Å². The maximum Gasteiger partial charge on any atom is 0.0816 e. The average molecular weight is 176 g/mol. The minimum Gasteiger partial charge on any atom is -0.373 e. The maximum absolute atomic E-state index is 4.43. The van der Waals surface area contributed by atoms with Crippen LogP contribution in [0.2, 0.25) is 0 Å². The van der Waals surface area contributed by atoms with Crippen LogP contribution in [0.4, 0.5) is 0 Å². The molecule has 0 bridgehead atoms. The van der Waals surface area contributed by atoms with Gasteiger partial charge in [-0.15, -0.1) is 0 Å². The summed E-state index contributed by atoms with van der Waals surface area (Å²) in [7, 11) is 2.15. The van der Waals surface area contributed by atoms with Crippen LogP contribution in [0.15, 0.2) is 28.5 Å². The lowest BCUT2D eigenvalue weighted by atomic mass is 10.1. The van der Waals surface area contributed by atoms with Gasteiger partial charge in [-0.05, 0) is 25.7 Å². The van der Waals surface area contributed by atoms with Gasteiger partial charge in [0.2, 0.25) is 0 Å². The van der Waals surface area contributed by atoms with Crippen LogP contribution >= 0.6 is 0 Å². The van der Waals surface area contributed by atoms with Crippen LogP contribution < -0.4 is 0 Å². The van der Waals surface area contributed by atoms with Crippen molar-refractivity contribution in [1.29, 1.82) is 0 Å². The lowest BCUT2D eigenvalue weighted by Crippen LogP contribution is -2.23.